The summed E-state index contributed by atoms with van der Waals surface area (Å²) in [6.07, 6.45) is 6.69. The van der Waals surface area contributed by atoms with Crippen molar-refractivity contribution in [2.24, 2.45) is 5.92 Å². The van der Waals surface area contributed by atoms with Gasteiger partial charge in [-0.3, -0.25) is 24.6 Å². The molecule has 136 valence electrons. The SMILES string of the molecule is CCCCCCCCOC(=O)CCC1C(=O)NC(=O)N(CC)C1=O. The van der Waals surface area contributed by atoms with Crippen LogP contribution in [0.1, 0.15) is 65.2 Å². The number of carbonyl (C=O) groups excluding carboxylic acids is 4. The highest BCUT2D eigenvalue weighted by Gasteiger charge is 2.39. The second-order valence-electron chi connectivity index (χ2n) is 5.96. The Labute approximate surface area is 143 Å². The zero-order chi connectivity index (χ0) is 17.9. The van der Waals surface area contributed by atoms with E-state index in [1.54, 1.807) is 6.92 Å². The molecule has 1 rings (SSSR count). The molecule has 1 aliphatic rings. The molecule has 0 aromatic carbocycles. The van der Waals surface area contributed by atoms with Crippen LogP contribution in [0.25, 0.3) is 0 Å². The number of ether oxygens (including phenoxy) is 1. The van der Waals surface area contributed by atoms with Gasteiger partial charge in [0.2, 0.25) is 11.8 Å². The summed E-state index contributed by atoms with van der Waals surface area (Å²) in [4.78, 5) is 48.0. The fraction of sp³-hybridized carbons (Fsp3) is 0.765. The van der Waals surface area contributed by atoms with Gasteiger partial charge in [0.25, 0.3) is 0 Å². The third-order valence-corrected chi connectivity index (χ3v) is 4.07. The minimum absolute atomic E-state index is 0.00853. The Morgan fingerprint density at radius 3 is 2.42 bits per heavy atom. The van der Waals surface area contributed by atoms with E-state index in [0.717, 1.165) is 24.2 Å². The molecule has 0 saturated carbocycles. The molecule has 0 spiro atoms. The second kappa shape index (κ2) is 10.8. The first-order valence-electron chi connectivity index (χ1n) is 8.83. The number of amides is 4. The highest BCUT2D eigenvalue weighted by molar-refractivity contribution is 6.16. The Balaban J connectivity index is 2.24. The molecule has 0 radical (unpaired) electrons. The van der Waals surface area contributed by atoms with Gasteiger partial charge in [-0.05, 0) is 19.8 Å². The molecule has 1 aliphatic heterocycles. The van der Waals surface area contributed by atoms with Gasteiger partial charge in [0.1, 0.15) is 5.92 Å². The van der Waals surface area contributed by atoms with E-state index in [-0.39, 0.29) is 19.4 Å². The molecule has 0 aliphatic carbocycles. The van der Waals surface area contributed by atoms with E-state index in [2.05, 4.69) is 12.2 Å². The lowest BCUT2D eigenvalue weighted by molar-refractivity contribution is -0.146. The van der Waals surface area contributed by atoms with Gasteiger partial charge in [-0.1, -0.05) is 39.0 Å². The summed E-state index contributed by atoms with van der Waals surface area (Å²) >= 11 is 0. The predicted molar refractivity (Wildman–Crippen MR) is 88.0 cm³/mol. The Bertz CT molecular complexity index is 464. The average Bonchev–Trinajstić information content (AvgIpc) is 2.54. The minimum atomic E-state index is -0.996. The van der Waals surface area contributed by atoms with Gasteiger partial charge in [-0.2, -0.15) is 0 Å². The van der Waals surface area contributed by atoms with Gasteiger partial charge < -0.3 is 4.74 Å². The third kappa shape index (κ3) is 6.29. The normalized spacial score (nSPS) is 17.8. The van der Waals surface area contributed by atoms with Gasteiger partial charge in [0.05, 0.1) is 6.61 Å². The zero-order valence-corrected chi connectivity index (χ0v) is 14.6. The van der Waals surface area contributed by atoms with Crippen molar-refractivity contribution in [2.75, 3.05) is 13.2 Å². The van der Waals surface area contributed by atoms with Crippen LogP contribution in [-0.4, -0.2) is 41.9 Å². The first kappa shape index (κ1) is 20.1. The number of barbiturate groups is 1. The van der Waals surface area contributed by atoms with Crippen molar-refractivity contribution in [1.82, 2.24) is 10.2 Å². The first-order chi connectivity index (χ1) is 11.5. The van der Waals surface area contributed by atoms with Gasteiger partial charge in [-0.25, -0.2) is 4.79 Å². The van der Waals surface area contributed by atoms with Gasteiger partial charge in [0, 0.05) is 13.0 Å². The lowest BCUT2D eigenvalue weighted by Gasteiger charge is -2.28. The third-order valence-electron chi connectivity index (χ3n) is 4.07. The minimum Gasteiger partial charge on any atom is -0.466 e. The van der Waals surface area contributed by atoms with Crippen LogP contribution < -0.4 is 5.32 Å². The van der Waals surface area contributed by atoms with Crippen molar-refractivity contribution in [3.8, 4) is 0 Å². The van der Waals surface area contributed by atoms with Crippen LogP contribution in [0.4, 0.5) is 4.79 Å². The molecule has 1 fully saturated rings. The number of urea groups is 1. The van der Waals surface area contributed by atoms with Crippen LogP contribution in [0.3, 0.4) is 0 Å². The highest BCUT2D eigenvalue weighted by atomic mass is 16.5. The van der Waals surface area contributed by atoms with Gasteiger partial charge in [-0.15, -0.1) is 0 Å². The highest BCUT2D eigenvalue weighted by Crippen LogP contribution is 2.16. The molecule has 1 unspecified atom stereocenters. The summed E-state index contributed by atoms with van der Waals surface area (Å²) in [7, 11) is 0. The van der Waals surface area contributed by atoms with Crippen molar-refractivity contribution >= 4 is 23.8 Å². The predicted octanol–water partition coefficient (Wildman–Crippen LogP) is 2.38. The number of hydrogen-bond donors (Lipinski definition) is 1. The molecule has 24 heavy (non-hydrogen) atoms. The zero-order valence-electron chi connectivity index (χ0n) is 14.6. The molecular weight excluding hydrogens is 312 g/mol. The number of imide groups is 2. The van der Waals surface area contributed by atoms with Crippen molar-refractivity contribution in [3.63, 3.8) is 0 Å². The summed E-state index contributed by atoms with van der Waals surface area (Å²) in [6, 6.07) is -0.700. The van der Waals surface area contributed by atoms with Crippen molar-refractivity contribution < 1.29 is 23.9 Å². The summed E-state index contributed by atoms with van der Waals surface area (Å²) < 4.78 is 5.12. The lowest BCUT2D eigenvalue weighted by atomic mass is 9.99. The topological polar surface area (TPSA) is 92.8 Å². The maximum atomic E-state index is 12.1. The van der Waals surface area contributed by atoms with E-state index >= 15 is 0 Å². The molecule has 7 heteroatoms. The largest absolute Gasteiger partial charge is 0.466 e. The number of hydrogen-bond acceptors (Lipinski definition) is 5. The van der Waals surface area contributed by atoms with E-state index in [0.29, 0.717) is 6.61 Å². The van der Waals surface area contributed by atoms with Crippen molar-refractivity contribution in [2.45, 2.75) is 65.2 Å². The first-order valence-corrected chi connectivity index (χ1v) is 8.83. The summed E-state index contributed by atoms with van der Waals surface area (Å²) in [6.45, 7) is 4.38. The lowest BCUT2D eigenvalue weighted by Crippen LogP contribution is -2.57. The van der Waals surface area contributed by atoms with Crippen molar-refractivity contribution in [3.05, 3.63) is 0 Å². The summed E-state index contributed by atoms with van der Waals surface area (Å²) in [5.41, 5.74) is 0. The van der Waals surface area contributed by atoms with E-state index in [1.807, 2.05) is 0 Å². The smallest absolute Gasteiger partial charge is 0.330 e. The summed E-state index contributed by atoms with van der Waals surface area (Å²) in [5.74, 6) is -2.60. The van der Waals surface area contributed by atoms with Crippen molar-refractivity contribution in [1.29, 1.82) is 0 Å². The molecule has 1 atom stereocenters. The number of carbonyl (C=O) groups is 4. The van der Waals surface area contributed by atoms with E-state index in [1.165, 1.54) is 19.3 Å². The molecule has 1 heterocycles. The number of nitrogens with zero attached hydrogens (tertiary/aromatic N) is 1. The number of rotatable bonds is 11. The average molecular weight is 340 g/mol. The Morgan fingerprint density at radius 2 is 1.75 bits per heavy atom. The molecular formula is C17H28N2O5. The molecule has 7 nitrogen and oxygen atoms in total. The molecule has 0 aromatic heterocycles. The Morgan fingerprint density at radius 1 is 1.08 bits per heavy atom. The van der Waals surface area contributed by atoms with Crippen LogP contribution in [0.2, 0.25) is 0 Å². The van der Waals surface area contributed by atoms with Crippen LogP contribution >= 0.6 is 0 Å². The Hall–Kier alpha value is -1.92. The van der Waals surface area contributed by atoms with Gasteiger partial charge >= 0.3 is 12.0 Å². The Kier molecular flexibility index (Phi) is 9.04. The van der Waals surface area contributed by atoms with E-state index in [4.69, 9.17) is 4.74 Å². The quantitative estimate of drug-likeness (QED) is 0.354. The number of unbranched alkanes of at least 4 members (excludes halogenated alkanes) is 5. The van der Waals surface area contributed by atoms with Crippen LogP contribution in [0.5, 0.6) is 0 Å². The fourth-order valence-electron chi connectivity index (χ4n) is 2.62. The van der Waals surface area contributed by atoms with Crippen LogP contribution in [0, 0.1) is 5.92 Å². The molecule has 4 amide bonds. The van der Waals surface area contributed by atoms with Crippen LogP contribution in [-0.2, 0) is 19.1 Å². The molecule has 1 saturated heterocycles. The number of esters is 1. The molecule has 0 aromatic rings. The van der Waals surface area contributed by atoms with Crippen LogP contribution in [0.15, 0.2) is 0 Å². The monoisotopic (exact) mass is 340 g/mol. The second-order valence-corrected chi connectivity index (χ2v) is 5.96. The van der Waals surface area contributed by atoms with E-state index in [9.17, 15) is 19.2 Å². The number of nitrogens with one attached hydrogen (secondary N) is 1. The fourth-order valence-corrected chi connectivity index (χ4v) is 2.62. The molecule has 1 N–H and O–H groups in total. The van der Waals surface area contributed by atoms with E-state index < -0.39 is 29.7 Å². The molecule has 0 bridgehead atoms. The standard InChI is InChI=1S/C17H28N2O5/c1-3-5-6-7-8-9-12-24-14(20)11-10-13-15(21)18-17(23)19(4-2)16(13)22/h13H,3-12H2,1-2H3,(H,18,21,23). The van der Waals surface area contributed by atoms with Gasteiger partial charge in [0.15, 0.2) is 0 Å². The maximum absolute atomic E-state index is 12.1. The maximum Gasteiger partial charge on any atom is 0.330 e. The summed E-state index contributed by atoms with van der Waals surface area (Å²) in [5, 5.41) is 2.14.